The highest BCUT2D eigenvalue weighted by Crippen LogP contribution is 2.46. The van der Waals surface area contributed by atoms with Gasteiger partial charge in [-0.2, -0.15) is 5.06 Å². The molecule has 3 atom stereocenters. The molecule has 2 aromatic carbocycles. The van der Waals surface area contributed by atoms with Crippen molar-refractivity contribution < 1.29 is 14.7 Å². The molecule has 0 spiro atoms. The van der Waals surface area contributed by atoms with Gasteiger partial charge < -0.3 is 9.84 Å². The minimum absolute atomic E-state index is 0.0241. The Labute approximate surface area is 129 Å². The van der Waals surface area contributed by atoms with E-state index in [0.717, 1.165) is 16.9 Å². The number of rotatable bonds is 3. The molecule has 2 aliphatic rings. The van der Waals surface area contributed by atoms with Crippen molar-refractivity contribution in [3.63, 3.8) is 0 Å². The third kappa shape index (κ3) is 2.20. The van der Waals surface area contributed by atoms with Crippen molar-refractivity contribution in [1.29, 1.82) is 0 Å². The van der Waals surface area contributed by atoms with Gasteiger partial charge in [0.2, 0.25) is 0 Å². The molecule has 0 amide bonds. The number of hydrogen-bond donors (Lipinski definition) is 1. The summed E-state index contributed by atoms with van der Waals surface area (Å²) in [7, 11) is 0. The van der Waals surface area contributed by atoms with Crippen LogP contribution >= 0.6 is 0 Å². The van der Waals surface area contributed by atoms with Crippen LogP contribution < -0.4 is 4.74 Å². The molecule has 22 heavy (non-hydrogen) atoms. The summed E-state index contributed by atoms with van der Waals surface area (Å²) in [6, 6.07) is 18.1. The number of hydrogen-bond acceptors (Lipinski definition) is 4. The Morgan fingerprint density at radius 2 is 1.82 bits per heavy atom. The molecule has 4 rings (SSSR count). The van der Waals surface area contributed by atoms with Gasteiger partial charge >= 0.3 is 0 Å². The molecule has 0 radical (unpaired) electrons. The van der Waals surface area contributed by atoms with Crippen molar-refractivity contribution in [3.05, 3.63) is 65.7 Å². The van der Waals surface area contributed by atoms with Crippen LogP contribution in [0.4, 0.5) is 0 Å². The fourth-order valence-electron chi connectivity index (χ4n) is 3.44. The van der Waals surface area contributed by atoms with E-state index in [9.17, 15) is 5.11 Å². The second-order valence-electron chi connectivity index (χ2n) is 5.82. The molecule has 0 unspecified atom stereocenters. The molecule has 4 nitrogen and oxygen atoms in total. The zero-order chi connectivity index (χ0) is 14.9. The normalized spacial score (nSPS) is 25.1. The predicted molar refractivity (Wildman–Crippen MR) is 82.2 cm³/mol. The highest BCUT2D eigenvalue weighted by molar-refractivity contribution is 5.38. The number of aliphatic hydroxyl groups excluding tert-OH is 1. The van der Waals surface area contributed by atoms with E-state index in [2.05, 4.69) is 6.07 Å². The Balaban J connectivity index is 1.71. The van der Waals surface area contributed by atoms with E-state index in [-0.39, 0.29) is 18.7 Å². The topological polar surface area (TPSA) is 41.9 Å². The summed E-state index contributed by atoms with van der Waals surface area (Å²) in [5.41, 5.74) is 2.21. The van der Waals surface area contributed by atoms with Gasteiger partial charge in [0.15, 0.2) is 0 Å². The van der Waals surface area contributed by atoms with E-state index < -0.39 is 0 Å². The Bertz CT molecular complexity index is 646. The average Bonchev–Trinajstić information content (AvgIpc) is 3.01. The maximum absolute atomic E-state index is 9.93. The van der Waals surface area contributed by atoms with Crippen molar-refractivity contribution in [2.75, 3.05) is 19.8 Å². The Morgan fingerprint density at radius 1 is 1.05 bits per heavy atom. The van der Waals surface area contributed by atoms with Gasteiger partial charge in [-0.1, -0.05) is 48.5 Å². The standard InChI is InChI=1S/C18H19NO3/c20-10-16(13-6-2-1-3-7-13)19-18-14(12-22-19)11-21-17-9-5-4-8-15(17)18/h1-9,14,16,18,20H,10-12H2/t14-,16-,18+/m0/s1. The molecule has 0 saturated carbocycles. The maximum atomic E-state index is 9.93. The summed E-state index contributed by atoms with van der Waals surface area (Å²) < 4.78 is 5.84. The van der Waals surface area contributed by atoms with Gasteiger partial charge in [-0.3, -0.25) is 4.84 Å². The maximum Gasteiger partial charge on any atom is 0.124 e. The van der Waals surface area contributed by atoms with E-state index in [0.29, 0.717) is 19.1 Å². The zero-order valence-electron chi connectivity index (χ0n) is 12.3. The van der Waals surface area contributed by atoms with Gasteiger partial charge in [0.05, 0.1) is 31.9 Å². The lowest BCUT2D eigenvalue weighted by atomic mass is 9.90. The highest BCUT2D eigenvalue weighted by Gasteiger charge is 2.44. The largest absolute Gasteiger partial charge is 0.493 e. The molecule has 1 N–H and O–H groups in total. The van der Waals surface area contributed by atoms with E-state index >= 15 is 0 Å². The summed E-state index contributed by atoms with van der Waals surface area (Å²) in [6.07, 6.45) is 0. The lowest BCUT2D eigenvalue weighted by Crippen LogP contribution is -2.34. The number of ether oxygens (including phenoxy) is 1. The lowest BCUT2D eigenvalue weighted by molar-refractivity contribution is -0.175. The number of hydroxylamine groups is 2. The van der Waals surface area contributed by atoms with Crippen molar-refractivity contribution in [3.8, 4) is 5.75 Å². The smallest absolute Gasteiger partial charge is 0.124 e. The summed E-state index contributed by atoms with van der Waals surface area (Å²) in [5.74, 6) is 1.22. The number of benzene rings is 2. The summed E-state index contributed by atoms with van der Waals surface area (Å²) in [4.78, 5) is 5.96. The quantitative estimate of drug-likeness (QED) is 0.946. The number of nitrogens with zero attached hydrogens (tertiary/aromatic N) is 1. The van der Waals surface area contributed by atoms with Crippen LogP contribution in [0.2, 0.25) is 0 Å². The molecule has 4 heteroatoms. The lowest BCUT2D eigenvalue weighted by Gasteiger charge is -2.35. The van der Waals surface area contributed by atoms with E-state index in [1.165, 1.54) is 0 Å². The first-order valence-electron chi connectivity index (χ1n) is 7.67. The van der Waals surface area contributed by atoms with E-state index in [4.69, 9.17) is 9.57 Å². The zero-order valence-corrected chi connectivity index (χ0v) is 12.3. The van der Waals surface area contributed by atoms with E-state index in [1.807, 2.05) is 53.6 Å². The summed E-state index contributed by atoms with van der Waals surface area (Å²) in [6.45, 7) is 1.31. The molecule has 2 aliphatic heterocycles. The molecule has 114 valence electrons. The highest BCUT2D eigenvalue weighted by atomic mass is 16.7. The SMILES string of the molecule is OC[C@@H](c1ccccc1)N1OC[C@@H]2COc3ccccc3[C@@H]21. The van der Waals surface area contributed by atoms with Crippen molar-refractivity contribution >= 4 is 0 Å². The molecule has 1 saturated heterocycles. The van der Waals surface area contributed by atoms with Crippen LogP contribution in [0, 0.1) is 5.92 Å². The third-order valence-electron chi connectivity index (χ3n) is 4.51. The molecule has 2 aromatic rings. The molecule has 0 bridgehead atoms. The first kappa shape index (κ1) is 13.8. The van der Waals surface area contributed by atoms with Crippen LogP contribution in [0.3, 0.4) is 0 Å². The number of fused-ring (bicyclic) bond motifs is 3. The van der Waals surface area contributed by atoms with E-state index in [1.54, 1.807) is 0 Å². The van der Waals surface area contributed by atoms with Crippen LogP contribution in [0.25, 0.3) is 0 Å². The number of aliphatic hydroxyl groups is 1. The molecule has 2 heterocycles. The van der Waals surface area contributed by atoms with Gasteiger partial charge in [0.25, 0.3) is 0 Å². The Kier molecular flexibility index (Phi) is 3.58. The van der Waals surface area contributed by atoms with Crippen LogP contribution in [0.5, 0.6) is 5.75 Å². The van der Waals surface area contributed by atoms with Gasteiger partial charge in [0.1, 0.15) is 5.75 Å². The summed E-state index contributed by atoms with van der Waals surface area (Å²) in [5, 5.41) is 11.9. The second-order valence-corrected chi connectivity index (χ2v) is 5.82. The number of para-hydroxylation sites is 1. The Morgan fingerprint density at radius 3 is 2.64 bits per heavy atom. The molecule has 1 fully saturated rings. The molecular weight excluding hydrogens is 278 g/mol. The predicted octanol–water partition coefficient (Wildman–Crippen LogP) is 2.72. The molecule has 0 aromatic heterocycles. The van der Waals surface area contributed by atoms with Gasteiger partial charge in [-0.05, 0) is 11.6 Å². The monoisotopic (exact) mass is 297 g/mol. The molecular formula is C18H19NO3. The molecule has 0 aliphatic carbocycles. The first-order valence-corrected chi connectivity index (χ1v) is 7.67. The van der Waals surface area contributed by atoms with Crippen molar-refractivity contribution in [2.45, 2.75) is 12.1 Å². The minimum atomic E-state index is -0.164. The van der Waals surface area contributed by atoms with Crippen molar-refractivity contribution in [2.24, 2.45) is 5.92 Å². The van der Waals surface area contributed by atoms with Crippen LogP contribution in [-0.4, -0.2) is 30.0 Å². The summed E-state index contributed by atoms with van der Waals surface area (Å²) >= 11 is 0. The fourth-order valence-corrected chi connectivity index (χ4v) is 3.44. The fraction of sp³-hybridized carbons (Fsp3) is 0.333. The van der Waals surface area contributed by atoms with Crippen molar-refractivity contribution in [1.82, 2.24) is 5.06 Å². The van der Waals surface area contributed by atoms with Gasteiger partial charge in [0, 0.05) is 11.5 Å². The minimum Gasteiger partial charge on any atom is -0.493 e. The Hall–Kier alpha value is -1.88. The van der Waals surface area contributed by atoms with Gasteiger partial charge in [-0.15, -0.1) is 0 Å². The van der Waals surface area contributed by atoms with Crippen LogP contribution in [0.1, 0.15) is 23.2 Å². The van der Waals surface area contributed by atoms with Crippen LogP contribution in [0.15, 0.2) is 54.6 Å². The van der Waals surface area contributed by atoms with Crippen LogP contribution in [-0.2, 0) is 4.84 Å². The average molecular weight is 297 g/mol. The van der Waals surface area contributed by atoms with Gasteiger partial charge in [-0.25, -0.2) is 0 Å². The second kappa shape index (κ2) is 5.72. The first-order chi connectivity index (χ1) is 10.9. The third-order valence-corrected chi connectivity index (χ3v) is 4.51.